The van der Waals surface area contributed by atoms with Crippen LogP contribution in [0.4, 0.5) is 0 Å². The fourth-order valence-electron chi connectivity index (χ4n) is 2.46. The maximum atomic E-state index is 11.8. The lowest BCUT2D eigenvalue weighted by molar-refractivity contribution is -0.134. The Balaban J connectivity index is 3.00. The predicted molar refractivity (Wildman–Crippen MR) is 89.8 cm³/mol. The number of carbonyl (C=O) groups is 3. The maximum Gasteiger partial charge on any atom is 0.308 e. The minimum Gasteiger partial charge on any atom is -0.423 e. The molecule has 1 amide bonds. The molecule has 1 unspecified atom stereocenters. The van der Waals surface area contributed by atoms with Crippen molar-refractivity contribution in [1.29, 1.82) is 5.26 Å². The molecular formula is C18H22N2O5. The van der Waals surface area contributed by atoms with Crippen molar-refractivity contribution in [2.24, 2.45) is 0 Å². The Bertz CT molecular complexity index is 693. The molecule has 0 aliphatic heterocycles. The van der Waals surface area contributed by atoms with Gasteiger partial charge < -0.3 is 14.4 Å². The molecule has 0 heterocycles. The normalized spacial score (nSPS) is 11.2. The number of rotatable bonds is 7. The second-order valence-electron chi connectivity index (χ2n) is 5.64. The number of carbonyl (C=O) groups excluding carboxylic acids is 3. The highest BCUT2D eigenvalue weighted by molar-refractivity contribution is 5.74. The van der Waals surface area contributed by atoms with Crippen LogP contribution in [0.15, 0.2) is 18.2 Å². The first kappa shape index (κ1) is 20.2. The fourth-order valence-corrected chi connectivity index (χ4v) is 2.46. The summed E-state index contributed by atoms with van der Waals surface area (Å²) in [7, 11) is 0. The zero-order chi connectivity index (χ0) is 19.0. The van der Waals surface area contributed by atoms with Crippen LogP contribution < -0.4 is 9.47 Å². The molecule has 1 aromatic rings. The Labute approximate surface area is 147 Å². The maximum absolute atomic E-state index is 11.8. The number of nitrogens with zero attached hydrogens (tertiary/aromatic N) is 2. The molecule has 0 spiro atoms. The lowest BCUT2D eigenvalue weighted by atomic mass is 10.0. The number of nitriles is 1. The van der Waals surface area contributed by atoms with Gasteiger partial charge in [0.25, 0.3) is 0 Å². The summed E-state index contributed by atoms with van der Waals surface area (Å²) in [6.45, 7) is 6.21. The SMILES string of the molecule is CC(=O)Oc1ccc(CC(C)N(CCC#N)C(C)=O)cc1OC(C)=O. The molecule has 0 radical (unpaired) electrons. The van der Waals surface area contributed by atoms with Crippen LogP contribution in [0.3, 0.4) is 0 Å². The molecule has 0 aromatic heterocycles. The van der Waals surface area contributed by atoms with E-state index in [0.29, 0.717) is 13.0 Å². The monoisotopic (exact) mass is 346 g/mol. The summed E-state index contributed by atoms with van der Waals surface area (Å²) in [6, 6.07) is 6.79. The van der Waals surface area contributed by atoms with Crippen molar-refractivity contribution in [3.8, 4) is 17.6 Å². The highest BCUT2D eigenvalue weighted by Crippen LogP contribution is 2.29. The molecule has 7 heteroatoms. The van der Waals surface area contributed by atoms with Crippen molar-refractivity contribution in [2.75, 3.05) is 6.54 Å². The van der Waals surface area contributed by atoms with Crippen LogP contribution in [0.5, 0.6) is 11.5 Å². The first-order valence-electron chi connectivity index (χ1n) is 7.88. The van der Waals surface area contributed by atoms with Crippen LogP contribution in [-0.4, -0.2) is 35.3 Å². The van der Waals surface area contributed by atoms with E-state index in [1.54, 1.807) is 23.1 Å². The quantitative estimate of drug-likeness (QED) is 0.555. The Morgan fingerprint density at radius 3 is 2.24 bits per heavy atom. The highest BCUT2D eigenvalue weighted by atomic mass is 16.6. The number of esters is 2. The largest absolute Gasteiger partial charge is 0.423 e. The minimum atomic E-state index is -0.530. The third kappa shape index (κ3) is 6.63. The molecule has 0 saturated heterocycles. The smallest absolute Gasteiger partial charge is 0.308 e. The molecule has 0 saturated carbocycles. The van der Waals surface area contributed by atoms with Crippen molar-refractivity contribution in [1.82, 2.24) is 4.90 Å². The molecule has 1 rings (SSSR count). The lowest BCUT2D eigenvalue weighted by Crippen LogP contribution is -2.39. The average molecular weight is 346 g/mol. The number of amides is 1. The first-order chi connectivity index (χ1) is 11.7. The first-order valence-corrected chi connectivity index (χ1v) is 7.88. The topological polar surface area (TPSA) is 96.7 Å². The van der Waals surface area contributed by atoms with E-state index in [2.05, 4.69) is 0 Å². The van der Waals surface area contributed by atoms with Gasteiger partial charge in [-0.15, -0.1) is 0 Å². The minimum absolute atomic E-state index is 0.112. The molecule has 0 aliphatic carbocycles. The molecule has 1 atom stereocenters. The van der Waals surface area contributed by atoms with E-state index >= 15 is 0 Å². The Morgan fingerprint density at radius 2 is 1.72 bits per heavy atom. The van der Waals surface area contributed by atoms with E-state index in [9.17, 15) is 14.4 Å². The summed E-state index contributed by atoms with van der Waals surface area (Å²) in [5, 5.41) is 8.71. The van der Waals surface area contributed by atoms with Crippen molar-refractivity contribution < 1.29 is 23.9 Å². The van der Waals surface area contributed by atoms with Crippen LogP contribution in [0.2, 0.25) is 0 Å². The van der Waals surface area contributed by atoms with Crippen molar-refractivity contribution in [3.63, 3.8) is 0 Å². The Kier molecular flexibility index (Phi) is 7.60. The number of hydrogen-bond acceptors (Lipinski definition) is 6. The predicted octanol–water partition coefficient (Wildman–Crippen LogP) is 2.23. The van der Waals surface area contributed by atoms with E-state index in [-0.39, 0.29) is 29.9 Å². The third-order valence-electron chi connectivity index (χ3n) is 3.45. The lowest BCUT2D eigenvalue weighted by Gasteiger charge is -2.27. The summed E-state index contributed by atoms with van der Waals surface area (Å²) in [5.41, 5.74) is 0.808. The van der Waals surface area contributed by atoms with E-state index < -0.39 is 11.9 Å². The van der Waals surface area contributed by atoms with E-state index in [4.69, 9.17) is 14.7 Å². The second-order valence-corrected chi connectivity index (χ2v) is 5.64. The van der Waals surface area contributed by atoms with E-state index in [0.717, 1.165) is 5.56 Å². The summed E-state index contributed by atoms with van der Waals surface area (Å²) in [4.78, 5) is 35.8. The molecule has 0 aliphatic rings. The molecular weight excluding hydrogens is 324 g/mol. The van der Waals surface area contributed by atoms with Gasteiger partial charge in [-0.25, -0.2) is 0 Å². The summed E-state index contributed by atoms with van der Waals surface area (Å²) in [6.07, 6.45) is 0.758. The van der Waals surface area contributed by atoms with Crippen LogP contribution in [0.1, 0.15) is 39.7 Å². The number of benzene rings is 1. The average Bonchev–Trinajstić information content (AvgIpc) is 2.49. The zero-order valence-electron chi connectivity index (χ0n) is 14.9. The van der Waals surface area contributed by atoms with Crippen molar-refractivity contribution >= 4 is 17.8 Å². The second kappa shape index (κ2) is 9.42. The standard InChI is InChI=1S/C18H22N2O5/c1-12(20(13(2)21)9-5-8-19)10-16-6-7-17(24-14(3)22)18(11-16)25-15(4)23/h6-7,11-12H,5,9-10H2,1-4H3. The van der Waals surface area contributed by atoms with Crippen molar-refractivity contribution in [2.45, 2.75) is 46.6 Å². The molecule has 25 heavy (non-hydrogen) atoms. The van der Waals surface area contributed by atoms with Gasteiger partial charge in [-0.3, -0.25) is 14.4 Å². The van der Waals surface area contributed by atoms with Crippen LogP contribution in [0.25, 0.3) is 0 Å². The Hall–Kier alpha value is -2.88. The molecule has 0 bridgehead atoms. The Morgan fingerprint density at radius 1 is 1.12 bits per heavy atom. The molecule has 0 N–H and O–H groups in total. The van der Waals surface area contributed by atoms with Gasteiger partial charge in [-0.1, -0.05) is 6.07 Å². The number of ether oxygens (including phenoxy) is 2. The van der Waals surface area contributed by atoms with Gasteiger partial charge in [0, 0.05) is 33.4 Å². The van der Waals surface area contributed by atoms with Gasteiger partial charge in [0.05, 0.1) is 12.5 Å². The van der Waals surface area contributed by atoms with Crippen LogP contribution in [-0.2, 0) is 20.8 Å². The fraction of sp³-hybridized carbons (Fsp3) is 0.444. The summed E-state index contributed by atoms with van der Waals surface area (Å²) in [5.74, 6) is -0.850. The van der Waals surface area contributed by atoms with Gasteiger partial charge in [-0.2, -0.15) is 5.26 Å². The van der Waals surface area contributed by atoms with E-state index in [1.807, 2.05) is 13.0 Å². The molecule has 0 fully saturated rings. The summed E-state index contributed by atoms with van der Waals surface area (Å²) < 4.78 is 10.1. The highest BCUT2D eigenvalue weighted by Gasteiger charge is 2.18. The number of hydrogen-bond donors (Lipinski definition) is 0. The van der Waals surface area contributed by atoms with Gasteiger partial charge >= 0.3 is 11.9 Å². The van der Waals surface area contributed by atoms with Gasteiger partial charge in [0.1, 0.15) is 0 Å². The molecule has 1 aromatic carbocycles. The summed E-state index contributed by atoms with van der Waals surface area (Å²) >= 11 is 0. The van der Waals surface area contributed by atoms with E-state index in [1.165, 1.54) is 20.8 Å². The van der Waals surface area contributed by atoms with Crippen LogP contribution >= 0.6 is 0 Å². The molecule has 7 nitrogen and oxygen atoms in total. The van der Waals surface area contributed by atoms with Gasteiger partial charge in [0.2, 0.25) is 5.91 Å². The van der Waals surface area contributed by atoms with Crippen molar-refractivity contribution in [3.05, 3.63) is 23.8 Å². The molecule has 134 valence electrons. The zero-order valence-corrected chi connectivity index (χ0v) is 14.9. The third-order valence-corrected chi connectivity index (χ3v) is 3.45. The van der Waals surface area contributed by atoms with Crippen LogP contribution in [0, 0.1) is 11.3 Å². The van der Waals surface area contributed by atoms with Gasteiger partial charge in [-0.05, 0) is 31.0 Å². The van der Waals surface area contributed by atoms with Gasteiger partial charge in [0.15, 0.2) is 11.5 Å².